The van der Waals surface area contributed by atoms with Crippen molar-refractivity contribution in [2.24, 2.45) is 0 Å². The van der Waals surface area contributed by atoms with Crippen LogP contribution in [0.3, 0.4) is 0 Å². The molecule has 0 unspecified atom stereocenters. The van der Waals surface area contributed by atoms with Crippen molar-refractivity contribution in [2.75, 3.05) is 39.4 Å². The maximum atomic E-state index is 12.1. The molecule has 0 spiro atoms. The predicted molar refractivity (Wildman–Crippen MR) is 86.4 cm³/mol. The summed E-state index contributed by atoms with van der Waals surface area (Å²) in [5, 5.41) is 2.97. The highest BCUT2D eigenvalue weighted by atomic mass is 16.5. The van der Waals surface area contributed by atoms with Gasteiger partial charge in [0.2, 0.25) is 0 Å². The highest BCUT2D eigenvalue weighted by Gasteiger charge is 2.10. The van der Waals surface area contributed by atoms with Gasteiger partial charge in [-0.3, -0.25) is 9.69 Å². The Bertz CT molecular complexity index is 471. The topological polar surface area (TPSA) is 50.8 Å². The van der Waals surface area contributed by atoms with Crippen molar-refractivity contribution in [3.8, 4) is 5.75 Å². The monoisotopic (exact) mass is 306 g/mol. The largest absolute Gasteiger partial charge is 0.491 e. The third-order valence-electron chi connectivity index (χ3n) is 3.51. The normalized spacial score (nSPS) is 15.8. The first-order valence-corrected chi connectivity index (χ1v) is 8.00. The molecule has 1 fully saturated rings. The molecule has 1 aliphatic heterocycles. The molecule has 1 saturated heterocycles. The molecule has 1 amide bonds. The van der Waals surface area contributed by atoms with Crippen LogP contribution < -0.4 is 10.1 Å². The molecule has 0 radical (unpaired) electrons. The fourth-order valence-corrected chi connectivity index (χ4v) is 2.41. The number of carbonyl (C=O) groups excluding carboxylic acids is 1. The van der Waals surface area contributed by atoms with Crippen molar-refractivity contribution >= 4 is 5.91 Å². The SMILES string of the molecule is CC(C)Oc1cccc(C(=O)NCCCN2CCOCC2)c1. The van der Waals surface area contributed by atoms with Gasteiger partial charge in [0.05, 0.1) is 19.3 Å². The Kier molecular flexibility index (Phi) is 6.68. The number of ether oxygens (including phenoxy) is 2. The molecule has 1 heterocycles. The van der Waals surface area contributed by atoms with Crippen molar-refractivity contribution in [3.05, 3.63) is 29.8 Å². The average Bonchev–Trinajstić information content (AvgIpc) is 2.52. The van der Waals surface area contributed by atoms with Crippen LogP contribution in [0.1, 0.15) is 30.6 Å². The first kappa shape index (κ1) is 16.8. The molecule has 0 aliphatic carbocycles. The zero-order valence-electron chi connectivity index (χ0n) is 13.5. The second-order valence-electron chi connectivity index (χ2n) is 5.76. The van der Waals surface area contributed by atoms with E-state index in [1.165, 1.54) is 0 Å². The van der Waals surface area contributed by atoms with Crippen LogP contribution in [-0.4, -0.2) is 56.3 Å². The van der Waals surface area contributed by atoms with E-state index in [1.807, 2.05) is 32.0 Å². The molecule has 2 rings (SSSR count). The molecule has 1 N–H and O–H groups in total. The molecule has 0 bridgehead atoms. The summed E-state index contributed by atoms with van der Waals surface area (Å²) in [5.41, 5.74) is 0.643. The molecule has 5 heteroatoms. The van der Waals surface area contributed by atoms with E-state index in [1.54, 1.807) is 6.07 Å². The first-order valence-electron chi connectivity index (χ1n) is 8.00. The molecule has 22 heavy (non-hydrogen) atoms. The zero-order valence-corrected chi connectivity index (χ0v) is 13.5. The van der Waals surface area contributed by atoms with Gasteiger partial charge in [-0.05, 0) is 45.0 Å². The Balaban J connectivity index is 1.72. The van der Waals surface area contributed by atoms with Gasteiger partial charge in [-0.2, -0.15) is 0 Å². The van der Waals surface area contributed by atoms with Crippen molar-refractivity contribution in [1.29, 1.82) is 0 Å². The number of amides is 1. The van der Waals surface area contributed by atoms with Crippen LogP contribution in [0.25, 0.3) is 0 Å². The number of morpholine rings is 1. The van der Waals surface area contributed by atoms with Crippen LogP contribution in [0.15, 0.2) is 24.3 Å². The smallest absolute Gasteiger partial charge is 0.251 e. The number of benzene rings is 1. The Morgan fingerprint density at radius 2 is 2.14 bits per heavy atom. The molecule has 5 nitrogen and oxygen atoms in total. The molecule has 0 atom stereocenters. The third kappa shape index (κ3) is 5.66. The standard InChI is InChI=1S/C17H26N2O3/c1-14(2)22-16-6-3-5-15(13-16)17(20)18-7-4-8-19-9-11-21-12-10-19/h3,5-6,13-14H,4,7-12H2,1-2H3,(H,18,20). The van der Waals surface area contributed by atoms with Crippen LogP contribution in [0.4, 0.5) is 0 Å². The highest BCUT2D eigenvalue weighted by Crippen LogP contribution is 2.14. The zero-order chi connectivity index (χ0) is 15.8. The van der Waals surface area contributed by atoms with Crippen molar-refractivity contribution in [1.82, 2.24) is 10.2 Å². The van der Waals surface area contributed by atoms with Crippen molar-refractivity contribution < 1.29 is 14.3 Å². The molecule has 1 aromatic carbocycles. The van der Waals surface area contributed by atoms with E-state index in [4.69, 9.17) is 9.47 Å². The highest BCUT2D eigenvalue weighted by molar-refractivity contribution is 5.94. The minimum absolute atomic E-state index is 0.0452. The van der Waals surface area contributed by atoms with Crippen LogP contribution in [0, 0.1) is 0 Å². The summed E-state index contributed by atoms with van der Waals surface area (Å²) in [7, 11) is 0. The lowest BCUT2D eigenvalue weighted by molar-refractivity contribution is 0.0374. The second-order valence-corrected chi connectivity index (χ2v) is 5.76. The Morgan fingerprint density at radius 1 is 1.36 bits per heavy atom. The quantitative estimate of drug-likeness (QED) is 0.782. The number of hydrogen-bond donors (Lipinski definition) is 1. The lowest BCUT2D eigenvalue weighted by Crippen LogP contribution is -2.38. The average molecular weight is 306 g/mol. The first-order chi connectivity index (χ1) is 10.6. The number of carbonyl (C=O) groups is 1. The molecular weight excluding hydrogens is 280 g/mol. The van der Waals surface area contributed by atoms with Crippen LogP contribution >= 0.6 is 0 Å². The minimum Gasteiger partial charge on any atom is -0.491 e. The summed E-state index contributed by atoms with van der Waals surface area (Å²) in [4.78, 5) is 14.5. The molecule has 122 valence electrons. The third-order valence-corrected chi connectivity index (χ3v) is 3.51. The van der Waals surface area contributed by atoms with Gasteiger partial charge in [0.15, 0.2) is 0 Å². The molecule has 1 aromatic rings. The fourth-order valence-electron chi connectivity index (χ4n) is 2.41. The van der Waals surface area contributed by atoms with E-state index in [0.29, 0.717) is 12.1 Å². The van der Waals surface area contributed by atoms with E-state index in [9.17, 15) is 4.79 Å². The Labute approximate surface area is 132 Å². The summed E-state index contributed by atoms with van der Waals surface area (Å²) >= 11 is 0. The maximum Gasteiger partial charge on any atom is 0.251 e. The van der Waals surface area contributed by atoms with Crippen molar-refractivity contribution in [2.45, 2.75) is 26.4 Å². The van der Waals surface area contributed by atoms with Crippen LogP contribution in [0.2, 0.25) is 0 Å². The summed E-state index contributed by atoms with van der Waals surface area (Å²) in [6.45, 7) is 9.23. The number of hydrogen-bond acceptors (Lipinski definition) is 4. The maximum absolute atomic E-state index is 12.1. The van der Waals surface area contributed by atoms with Gasteiger partial charge in [0.25, 0.3) is 5.91 Å². The van der Waals surface area contributed by atoms with Crippen molar-refractivity contribution in [3.63, 3.8) is 0 Å². The second kappa shape index (κ2) is 8.76. The van der Waals surface area contributed by atoms with Gasteiger partial charge in [-0.15, -0.1) is 0 Å². The molecule has 1 aliphatic rings. The van der Waals surface area contributed by atoms with Gasteiger partial charge < -0.3 is 14.8 Å². The molecule has 0 aromatic heterocycles. The van der Waals surface area contributed by atoms with Gasteiger partial charge in [-0.25, -0.2) is 0 Å². The van der Waals surface area contributed by atoms with Gasteiger partial charge in [0, 0.05) is 25.2 Å². The van der Waals surface area contributed by atoms with Gasteiger partial charge in [0.1, 0.15) is 5.75 Å². The lowest BCUT2D eigenvalue weighted by Gasteiger charge is -2.26. The summed E-state index contributed by atoms with van der Waals surface area (Å²) < 4.78 is 10.9. The summed E-state index contributed by atoms with van der Waals surface area (Å²) in [6, 6.07) is 7.32. The number of nitrogens with one attached hydrogen (secondary N) is 1. The van der Waals surface area contributed by atoms with Gasteiger partial charge in [-0.1, -0.05) is 6.07 Å². The predicted octanol–water partition coefficient (Wildman–Crippen LogP) is 1.93. The minimum atomic E-state index is -0.0452. The van der Waals surface area contributed by atoms with Crippen LogP contribution in [0.5, 0.6) is 5.75 Å². The summed E-state index contributed by atoms with van der Waals surface area (Å²) in [5.74, 6) is 0.687. The van der Waals surface area contributed by atoms with E-state index >= 15 is 0 Å². The van der Waals surface area contributed by atoms with E-state index < -0.39 is 0 Å². The molecule has 0 saturated carbocycles. The van der Waals surface area contributed by atoms with Gasteiger partial charge >= 0.3 is 0 Å². The lowest BCUT2D eigenvalue weighted by atomic mass is 10.2. The number of nitrogens with zero attached hydrogens (tertiary/aromatic N) is 1. The Morgan fingerprint density at radius 3 is 2.86 bits per heavy atom. The van der Waals surface area contributed by atoms with E-state index in [0.717, 1.165) is 45.0 Å². The van der Waals surface area contributed by atoms with E-state index in [-0.39, 0.29) is 12.0 Å². The van der Waals surface area contributed by atoms with Crippen LogP contribution in [-0.2, 0) is 4.74 Å². The summed E-state index contributed by atoms with van der Waals surface area (Å²) in [6.07, 6.45) is 1.06. The number of rotatable bonds is 7. The van der Waals surface area contributed by atoms with E-state index in [2.05, 4.69) is 10.2 Å². The molecular formula is C17H26N2O3. The Hall–Kier alpha value is -1.59. The fraction of sp³-hybridized carbons (Fsp3) is 0.588.